The molecule has 0 radical (unpaired) electrons. The van der Waals surface area contributed by atoms with E-state index in [2.05, 4.69) is 5.32 Å². The van der Waals surface area contributed by atoms with Crippen LogP contribution in [0.4, 0.5) is 5.69 Å². The molecule has 7 heteroatoms. The predicted octanol–water partition coefficient (Wildman–Crippen LogP) is 4.56. The van der Waals surface area contributed by atoms with Gasteiger partial charge in [-0.3, -0.25) is 4.79 Å². The van der Waals surface area contributed by atoms with Crippen LogP contribution >= 0.6 is 23.2 Å². The molecular weight excluding hydrogens is 363 g/mol. The molecule has 2 aromatic carbocycles. The lowest BCUT2D eigenvalue weighted by Crippen LogP contribution is -2.13. The maximum absolute atomic E-state index is 12.3. The van der Waals surface area contributed by atoms with Gasteiger partial charge in [0, 0.05) is 0 Å². The Labute approximate surface area is 155 Å². The second-order valence-electron chi connectivity index (χ2n) is 4.84. The van der Waals surface area contributed by atoms with Crippen molar-refractivity contribution in [2.24, 2.45) is 0 Å². The van der Waals surface area contributed by atoms with Gasteiger partial charge < -0.3 is 14.8 Å². The first-order valence-corrected chi connectivity index (χ1v) is 7.85. The Morgan fingerprint density at radius 2 is 1.88 bits per heavy atom. The zero-order valence-corrected chi connectivity index (χ0v) is 15.0. The molecule has 0 aromatic heterocycles. The van der Waals surface area contributed by atoms with Crippen LogP contribution in [-0.2, 0) is 4.79 Å². The van der Waals surface area contributed by atoms with Crippen molar-refractivity contribution in [2.75, 3.05) is 19.5 Å². The van der Waals surface area contributed by atoms with Crippen molar-refractivity contribution in [1.82, 2.24) is 0 Å². The molecule has 128 valence electrons. The van der Waals surface area contributed by atoms with E-state index in [0.29, 0.717) is 32.8 Å². The van der Waals surface area contributed by atoms with E-state index in [1.165, 1.54) is 20.3 Å². The number of carbonyl (C=O) groups excluding carboxylic acids is 1. The second-order valence-corrected chi connectivity index (χ2v) is 5.66. The van der Waals surface area contributed by atoms with Crippen LogP contribution in [0.5, 0.6) is 11.5 Å². The van der Waals surface area contributed by atoms with Crippen LogP contribution in [0.1, 0.15) is 5.56 Å². The lowest BCUT2D eigenvalue weighted by Gasteiger charge is -2.10. The Balaban J connectivity index is 2.34. The number of hydrogen-bond donors (Lipinski definition) is 1. The summed E-state index contributed by atoms with van der Waals surface area (Å²) in [5, 5.41) is 12.6. The van der Waals surface area contributed by atoms with Gasteiger partial charge in [0.25, 0.3) is 5.91 Å². The molecule has 25 heavy (non-hydrogen) atoms. The third-order valence-electron chi connectivity index (χ3n) is 3.25. The maximum atomic E-state index is 12.3. The number of amides is 1. The summed E-state index contributed by atoms with van der Waals surface area (Å²) >= 11 is 12.1. The van der Waals surface area contributed by atoms with E-state index in [9.17, 15) is 10.1 Å². The number of nitrogens with one attached hydrogen (secondary N) is 1. The lowest BCUT2D eigenvalue weighted by atomic mass is 10.1. The van der Waals surface area contributed by atoms with E-state index in [4.69, 9.17) is 32.7 Å². The van der Waals surface area contributed by atoms with Gasteiger partial charge in [0.2, 0.25) is 0 Å². The molecule has 2 aromatic rings. The number of para-hydroxylation sites is 1. The normalized spacial score (nSPS) is 10.8. The SMILES string of the molecule is COc1cc(/C=C(\C#N)C(=O)Nc2ccccc2Cl)cc(Cl)c1OC. The van der Waals surface area contributed by atoms with Gasteiger partial charge in [0.1, 0.15) is 11.6 Å². The Morgan fingerprint density at radius 1 is 1.16 bits per heavy atom. The quantitative estimate of drug-likeness (QED) is 0.613. The number of carbonyl (C=O) groups is 1. The van der Waals surface area contributed by atoms with Gasteiger partial charge in [-0.15, -0.1) is 0 Å². The molecule has 0 saturated heterocycles. The Bertz CT molecular complexity index is 873. The summed E-state index contributed by atoms with van der Waals surface area (Å²) in [7, 11) is 2.94. The Hall–Kier alpha value is -2.68. The van der Waals surface area contributed by atoms with Gasteiger partial charge in [-0.2, -0.15) is 5.26 Å². The number of methoxy groups -OCH3 is 2. The van der Waals surface area contributed by atoms with Crippen molar-refractivity contribution in [1.29, 1.82) is 5.26 Å². The lowest BCUT2D eigenvalue weighted by molar-refractivity contribution is -0.112. The summed E-state index contributed by atoms with van der Waals surface area (Å²) in [6.07, 6.45) is 1.40. The number of halogens is 2. The highest BCUT2D eigenvalue weighted by Crippen LogP contribution is 2.36. The molecule has 1 amide bonds. The van der Waals surface area contributed by atoms with E-state index in [1.807, 2.05) is 6.07 Å². The number of rotatable bonds is 5. The van der Waals surface area contributed by atoms with Crippen LogP contribution in [0.2, 0.25) is 10.0 Å². The first-order valence-electron chi connectivity index (χ1n) is 7.09. The highest BCUT2D eigenvalue weighted by atomic mass is 35.5. The highest BCUT2D eigenvalue weighted by molar-refractivity contribution is 6.34. The van der Waals surface area contributed by atoms with Crippen LogP contribution < -0.4 is 14.8 Å². The molecule has 0 aliphatic rings. The average molecular weight is 377 g/mol. The van der Waals surface area contributed by atoms with E-state index < -0.39 is 5.91 Å². The first kappa shape index (κ1) is 18.7. The Morgan fingerprint density at radius 3 is 2.48 bits per heavy atom. The van der Waals surface area contributed by atoms with Gasteiger partial charge in [0.05, 0.1) is 30.0 Å². The maximum Gasteiger partial charge on any atom is 0.266 e. The van der Waals surface area contributed by atoms with Gasteiger partial charge >= 0.3 is 0 Å². The minimum atomic E-state index is -0.582. The van der Waals surface area contributed by atoms with E-state index in [-0.39, 0.29) is 5.57 Å². The van der Waals surface area contributed by atoms with Gasteiger partial charge in [-0.05, 0) is 35.9 Å². The fourth-order valence-corrected chi connectivity index (χ4v) is 2.57. The van der Waals surface area contributed by atoms with Crippen LogP contribution in [0.25, 0.3) is 6.08 Å². The monoisotopic (exact) mass is 376 g/mol. The predicted molar refractivity (Wildman–Crippen MR) is 98.2 cm³/mol. The van der Waals surface area contributed by atoms with Crippen molar-refractivity contribution >= 4 is 40.9 Å². The summed E-state index contributed by atoms with van der Waals surface area (Å²) in [6, 6.07) is 11.8. The van der Waals surface area contributed by atoms with Crippen molar-refractivity contribution in [3.05, 3.63) is 57.6 Å². The number of ether oxygens (including phenoxy) is 2. The molecule has 0 spiro atoms. The zero-order valence-electron chi connectivity index (χ0n) is 13.5. The number of nitriles is 1. The van der Waals surface area contributed by atoms with Crippen molar-refractivity contribution in [2.45, 2.75) is 0 Å². The number of anilines is 1. The van der Waals surface area contributed by atoms with E-state index in [0.717, 1.165) is 0 Å². The summed E-state index contributed by atoms with van der Waals surface area (Å²) in [6.45, 7) is 0. The van der Waals surface area contributed by atoms with E-state index >= 15 is 0 Å². The average Bonchev–Trinajstić information content (AvgIpc) is 2.60. The molecule has 0 aliphatic carbocycles. The molecule has 0 bridgehead atoms. The summed E-state index contributed by atoms with van der Waals surface area (Å²) in [5.41, 5.74) is 0.831. The minimum absolute atomic E-state index is 0.108. The number of nitrogens with zero attached hydrogens (tertiary/aromatic N) is 1. The molecular formula is C18H14Cl2N2O3. The van der Waals surface area contributed by atoms with Crippen molar-refractivity contribution < 1.29 is 14.3 Å². The van der Waals surface area contributed by atoms with Gasteiger partial charge in [-0.25, -0.2) is 0 Å². The number of benzene rings is 2. The molecule has 5 nitrogen and oxygen atoms in total. The topological polar surface area (TPSA) is 71.3 Å². The molecule has 0 saturated carbocycles. The Kier molecular flexibility index (Phi) is 6.29. The molecule has 0 aliphatic heterocycles. The van der Waals surface area contributed by atoms with Crippen molar-refractivity contribution in [3.63, 3.8) is 0 Å². The smallest absolute Gasteiger partial charge is 0.266 e. The second kappa shape index (κ2) is 8.43. The molecule has 0 heterocycles. The molecule has 0 atom stereocenters. The fraction of sp³-hybridized carbons (Fsp3) is 0.111. The zero-order chi connectivity index (χ0) is 18.4. The standard InChI is InChI=1S/C18H14Cl2N2O3/c1-24-16-9-11(8-14(20)17(16)25-2)7-12(10-21)18(23)22-15-6-4-3-5-13(15)19/h3-9H,1-2H3,(H,22,23)/b12-7+. The van der Waals surface area contributed by atoms with Crippen LogP contribution in [-0.4, -0.2) is 20.1 Å². The largest absolute Gasteiger partial charge is 0.493 e. The summed E-state index contributed by atoms with van der Waals surface area (Å²) < 4.78 is 10.4. The van der Waals surface area contributed by atoms with Crippen LogP contribution in [0.3, 0.4) is 0 Å². The molecule has 0 fully saturated rings. The molecule has 0 unspecified atom stereocenters. The highest BCUT2D eigenvalue weighted by Gasteiger charge is 2.14. The first-order chi connectivity index (χ1) is 12.0. The molecule has 1 N–H and O–H groups in total. The van der Waals surface area contributed by atoms with E-state index in [1.54, 1.807) is 36.4 Å². The third kappa shape index (κ3) is 4.44. The number of hydrogen-bond acceptors (Lipinski definition) is 4. The summed E-state index contributed by atoms with van der Waals surface area (Å²) in [5.74, 6) is 0.187. The fourth-order valence-electron chi connectivity index (χ4n) is 2.09. The van der Waals surface area contributed by atoms with Crippen LogP contribution in [0.15, 0.2) is 42.0 Å². The van der Waals surface area contributed by atoms with Crippen LogP contribution in [0, 0.1) is 11.3 Å². The molecule has 2 rings (SSSR count). The summed E-state index contributed by atoms with van der Waals surface area (Å²) in [4.78, 5) is 12.3. The van der Waals surface area contributed by atoms with Gasteiger partial charge in [-0.1, -0.05) is 35.3 Å². The third-order valence-corrected chi connectivity index (χ3v) is 3.86. The van der Waals surface area contributed by atoms with Gasteiger partial charge in [0.15, 0.2) is 11.5 Å². The van der Waals surface area contributed by atoms with Crippen molar-refractivity contribution in [3.8, 4) is 17.6 Å². The minimum Gasteiger partial charge on any atom is -0.493 e.